The summed E-state index contributed by atoms with van der Waals surface area (Å²) in [5.74, 6) is -0.602. The van der Waals surface area contributed by atoms with Crippen molar-refractivity contribution in [2.45, 2.75) is 32.6 Å². The van der Waals surface area contributed by atoms with Crippen molar-refractivity contribution in [2.75, 3.05) is 13.1 Å². The third kappa shape index (κ3) is 4.16. The molecule has 5 nitrogen and oxygen atoms in total. The van der Waals surface area contributed by atoms with Crippen LogP contribution in [0.2, 0.25) is 0 Å². The number of carbonyl (C=O) groups excluding carboxylic acids is 2. The zero-order chi connectivity index (χ0) is 16.1. The van der Waals surface area contributed by atoms with Gasteiger partial charge in [0, 0.05) is 30.6 Å². The van der Waals surface area contributed by atoms with E-state index in [0.717, 1.165) is 12.8 Å². The van der Waals surface area contributed by atoms with Gasteiger partial charge in [0.1, 0.15) is 0 Å². The van der Waals surface area contributed by atoms with Crippen LogP contribution in [0, 0.1) is 5.92 Å². The second kappa shape index (κ2) is 7.20. The lowest BCUT2D eigenvalue weighted by molar-refractivity contribution is -0.137. The highest BCUT2D eigenvalue weighted by Crippen LogP contribution is 2.22. The van der Waals surface area contributed by atoms with Crippen LogP contribution >= 0.6 is 0 Å². The van der Waals surface area contributed by atoms with E-state index >= 15 is 0 Å². The van der Waals surface area contributed by atoms with Gasteiger partial charge in [-0.05, 0) is 44.2 Å². The molecule has 0 radical (unpaired) electrons. The first-order chi connectivity index (χ1) is 10.5. The summed E-state index contributed by atoms with van der Waals surface area (Å²) in [6, 6.07) is 6.70. The van der Waals surface area contributed by atoms with Crippen LogP contribution in [-0.2, 0) is 4.79 Å². The summed E-state index contributed by atoms with van der Waals surface area (Å²) < 4.78 is 0. The van der Waals surface area contributed by atoms with Gasteiger partial charge in [0.2, 0.25) is 0 Å². The van der Waals surface area contributed by atoms with Crippen LogP contribution in [0.3, 0.4) is 0 Å². The Morgan fingerprint density at radius 2 is 1.82 bits per heavy atom. The molecule has 22 heavy (non-hydrogen) atoms. The molecule has 118 valence electrons. The molecule has 5 heteroatoms. The van der Waals surface area contributed by atoms with E-state index in [1.165, 1.54) is 6.92 Å². The Labute approximate surface area is 129 Å². The van der Waals surface area contributed by atoms with E-state index in [1.807, 2.05) is 0 Å². The van der Waals surface area contributed by atoms with Crippen molar-refractivity contribution >= 4 is 17.7 Å². The predicted molar refractivity (Wildman–Crippen MR) is 81.9 cm³/mol. The maximum Gasteiger partial charge on any atom is 0.303 e. The SMILES string of the molecule is CC(=O)c1ccc(C(=O)N2CCC[C@@H](CCC(=O)O)C2)cc1. The molecule has 1 aliphatic heterocycles. The highest BCUT2D eigenvalue weighted by Gasteiger charge is 2.24. The zero-order valence-corrected chi connectivity index (χ0v) is 12.7. The number of carboxylic acids is 1. The van der Waals surface area contributed by atoms with Crippen LogP contribution in [0.4, 0.5) is 0 Å². The lowest BCUT2D eigenvalue weighted by Crippen LogP contribution is -2.40. The number of carboxylic acid groups (broad SMARTS) is 1. The van der Waals surface area contributed by atoms with Gasteiger partial charge >= 0.3 is 5.97 Å². The van der Waals surface area contributed by atoms with Crippen LogP contribution < -0.4 is 0 Å². The second-order valence-electron chi connectivity index (χ2n) is 5.83. The number of nitrogens with zero attached hydrogens (tertiary/aromatic N) is 1. The molecule has 1 aliphatic rings. The molecule has 1 amide bonds. The van der Waals surface area contributed by atoms with Gasteiger partial charge in [-0.2, -0.15) is 0 Å². The third-order valence-electron chi connectivity index (χ3n) is 4.11. The van der Waals surface area contributed by atoms with Crippen LogP contribution in [0.5, 0.6) is 0 Å². The molecule has 1 N–H and O–H groups in total. The Morgan fingerprint density at radius 1 is 1.18 bits per heavy atom. The summed E-state index contributed by atoms with van der Waals surface area (Å²) >= 11 is 0. The number of hydrogen-bond acceptors (Lipinski definition) is 3. The molecule has 0 unspecified atom stereocenters. The Hall–Kier alpha value is -2.17. The fourth-order valence-electron chi connectivity index (χ4n) is 2.84. The number of piperidine rings is 1. The Balaban J connectivity index is 1.99. The van der Waals surface area contributed by atoms with Crippen LogP contribution in [0.25, 0.3) is 0 Å². The van der Waals surface area contributed by atoms with E-state index in [0.29, 0.717) is 30.6 Å². The highest BCUT2D eigenvalue weighted by atomic mass is 16.4. The number of hydrogen-bond donors (Lipinski definition) is 1. The number of benzene rings is 1. The first-order valence-electron chi connectivity index (χ1n) is 7.59. The smallest absolute Gasteiger partial charge is 0.303 e. The van der Waals surface area contributed by atoms with Crippen molar-refractivity contribution < 1.29 is 19.5 Å². The van der Waals surface area contributed by atoms with E-state index in [4.69, 9.17) is 5.11 Å². The molecule has 0 bridgehead atoms. The summed E-state index contributed by atoms with van der Waals surface area (Å²) in [4.78, 5) is 36.2. The largest absolute Gasteiger partial charge is 0.481 e. The van der Waals surface area contributed by atoms with Gasteiger partial charge in [-0.1, -0.05) is 12.1 Å². The van der Waals surface area contributed by atoms with E-state index in [9.17, 15) is 14.4 Å². The van der Waals surface area contributed by atoms with Gasteiger partial charge < -0.3 is 10.0 Å². The minimum atomic E-state index is -0.789. The van der Waals surface area contributed by atoms with Crippen molar-refractivity contribution in [3.8, 4) is 0 Å². The summed E-state index contributed by atoms with van der Waals surface area (Å²) in [5.41, 5.74) is 1.17. The topological polar surface area (TPSA) is 74.7 Å². The Morgan fingerprint density at radius 3 is 2.41 bits per heavy atom. The summed E-state index contributed by atoms with van der Waals surface area (Å²) in [6.07, 6.45) is 2.64. The van der Waals surface area contributed by atoms with Gasteiger partial charge in [-0.25, -0.2) is 0 Å². The summed E-state index contributed by atoms with van der Waals surface area (Å²) in [6.45, 7) is 2.81. The van der Waals surface area contributed by atoms with E-state index in [2.05, 4.69) is 0 Å². The van der Waals surface area contributed by atoms with Crippen molar-refractivity contribution in [2.24, 2.45) is 5.92 Å². The van der Waals surface area contributed by atoms with Gasteiger partial charge in [0.05, 0.1) is 0 Å². The number of Topliss-reactive ketones (excluding diaryl/α,β-unsaturated/α-hetero) is 1. The lowest BCUT2D eigenvalue weighted by Gasteiger charge is -2.32. The van der Waals surface area contributed by atoms with Crippen molar-refractivity contribution in [3.05, 3.63) is 35.4 Å². The number of aliphatic carboxylic acids is 1. The average Bonchev–Trinajstić information content (AvgIpc) is 2.52. The second-order valence-corrected chi connectivity index (χ2v) is 5.83. The fourth-order valence-corrected chi connectivity index (χ4v) is 2.84. The number of amides is 1. The Kier molecular flexibility index (Phi) is 5.31. The predicted octanol–water partition coefficient (Wildman–Crippen LogP) is 2.61. The first kappa shape index (κ1) is 16.2. The molecule has 0 aromatic heterocycles. The Bertz CT molecular complexity index is 565. The molecule has 1 heterocycles. The van der Waals surface area contributed by atoms with Crippen molar-refractivity contribution in [3.63, 3.8) is 0 Å². The molecule has 1 aromatic rings. The average molecular weight is 303 g/mol. The van der Waals surface area contributed by atoms with Crippen molar-refractivity contribution in [1.29, 1.82) is 0 Å². The summed E-state index contributed by atoms with van der Waals surface area (Å²) in [5, 5.41) is 8.76. The molecule has 1 atom stereocenters. The zero-order valence-electron chi connectivity index (χ0n) is 12.7. The summed E-state index contributed by atoms with van der Waals surface area (Å²) in [7, 11) is 0. The first-order valence-corrected chi connectivity index (χ1v) is 7.59. The number of ketones is 1. The molecular weight excluding hydrogens is 282 g/mol. The monoisotopic (exact) mass is 303 g/mol. The molecule has 1 aromatic carbocycles. The van der Waals surface area contributed by atoms with E-state index in [-0.39, 0.29) is 24.0 Å². The van der Waals surface area contributed by atoms with Gasteiger partial charge in [-0.15, -0.1) is 0 Å². The maximum absolute atomic E-state index is 12.5. The van der Waals surface area contributed by atoms with E-state index in [1.54, 1.807) is 29.2 Å². The van der Waals surface area contributed by atoms with Crippen LogP contribution in [0.1, 0.15) is 53.3 Å². The molecule has 1 fully saturated rings. The standard InChI is InChI=1S/C17H21NO4/c1-12(19)14-5-7-15(8-6-14)17(22)18-10-2-3-13(11-18)4-9-16(20)21/h5-8,13H,2-4,9-11H2,1H3,(H,20,21)/t13-/m0/s1. The number of carbonyl (C=O) groups is 3. The lowest BCUT2D eigenvalue weighted by atomic mass is 9.93. The molecule has 1 saturated heterocycles. The van der Waals surface area contributed by atoms with Crippen LogP contribution in [0.15, 0.2) is 24.3 Å². The number of likely N-dealkylation sites (tertiary alicyclic amines) is 1. The maximum atomic E-state index is 12.5. The number of rotatable bonds is 5. The van der Waals surface area contributed by atoms with Gasteiger partial charge in [0.25, 0.3) is 5.91 Å². The van der Waals surface area contributed by atoms with Gasteiger partial charge in [0.15, 0.2) is 5.78 Å². The normalized spacial score (nSPS) is 18.0. The fraction of sp³-hybridized carbons (Fsp3) is 0.471. The van der Waals surface area contributed by atoms with Crippen LogP contribution in [-0.4, -0.2) is 40.8 Å². The van der Waals surface area contributed by atoms with Crippen molar-refractivity contribution in [1.82, 2.24) is 4.90 Å². The third-order valence-corrected chi connectivity index (χ3v) is 4.11. The van der Waals surface area contributed by atoms with Gasteiger partial charge in [-0.3, -0.25) is 14.4 Å². The minimum absolute atomic E-state index is 0.0225. The molecular formula is C17H21NO4. The molecule has 0 saturated carbocycles. The molecule has 0 spiro atoms. The highest BCUT2D eigenvalue weighted by molar-refractivity contribution is 5.97. The van der Waals surface area contributed by atoms with E-state index < -0.39 is 5.97 Å². The molecule has 0 aliphatic carbocycles. The quantitative estimate of drug-likeness (QED) is 0.848. The molecule has 2 rings (SSSR count). The minimum Gasteiger partial charge on any atom is -0.481 e.